The van der Waals surface area contributed by atoms with Gasteiger partial charge in [0.05, 0.1) is 6.07 Å². The molecule has 0 unspecified atom stereocenters. The Morgan fingerprint density at radius 3 is 2.33 bits per heavy atom. The summed E-state index contributed by atoms with van der Waals surface area (Å²) in [5.41, 5.74) is 2.98. The van der Waals surface area contributed by atoms with Crippen LogP contribution in [0.3, 0.4) is 0 Å². The average molecular weight is 244 g/mol. The van der Waals surface area contributed by atoms with E-state index in [0.717, 1.165) is 25.9 Å². The lowest BCUT2D eigenvalue weighted by Gasteiger charge is -2.19. The van der Waals surface area contributed by atoms with E-state index in [4.69, 9.17) is 5.26 Å². The summed E-state index contributed by atoms with van der Waals surface area (Å²) in [5.74, 6) is 0. The summed E-state index contributed by atoms with van der Waals surface area (Å²) in [7, 11) is 0. The van der Waals surface area contributed by atoms with Crippen LogP contribution >= 0.6 is 0 Å². The second-order valence-electron chi connectivity index (χ2n) is 5.71. The molecule has 0 aromatic heterocycles. The van der Waals surface area contributed by atoms with Crippen molar-refractivity contribution in [2.45, 2.75) is 45.4 Å². The van der Waals surface area contributed by atoms with Gasteiger partial charge >= 0.3 is 0 Å². The molecule has 0 atom stereocenters. The summed E-state index contributed by atoms with van der Waals surface area (Å²) in [5, 5.41) is 11.8. The Balaban J connectivity index is 2.30. The molecule has 0 fully saturated rings. The molecule has 0 bridgehead atoms. The van der Waals surface area contributed by atoms with Crippen LogP contribution in [-0.2, 0) is 11.8 Å². The molecule has 1 rings (SSSR count). The second kappa shape index (κ2) is 7.18. The van der Waals surface area contributed by atoms with Gasteiger partial charge in [-0.2, -0.15) is 5.26 Å². The molecule has 0 amide bonds. The zero-order valence-corrected chi connectivity index (χ0v) is 11.8. The zero-order valence-electron chi connectivity index (χ0n) is 11.8. The SMILES string of the molecule is CC(C)(C)c1ccc(CCNCCCC#N)cc1. The van der Waals surface area contributed by atoms with Crippen molar-refractivity contribution >= 4 is 0 Å². The topological polar surface area (TPSA) is 35.8 Å². The Bertz CT molecular complexity index is 379. The van der Waals surface area contributed by atoms with E-state index in [2.05, 4.69) is 56.4 Å². The Labute approximate surface area is 111 Å². The predicted molar refractivity (Wildman–Crippen MR) is 76.6 cm³/mol. The van der Waals surface area contributed by atoms with Crippen LogP contribution in [0.1, 0.15) is 44.7 Å². The summed E-state index contributed by atoms with van der Waals surface area (Å²) in [6.07, 6.45) is 2.64. The zero-order chi connectivity index (χ0) is 13.4. The summed E-state index contributed by atoms with van der Waals surface area (Å²) in [6, 6.07) is 11.1. The highest BCUT2D eigenvalue weighted by molar-refractivity contribution is 5.27. The predicted octanol–water partition coefficient (Wildman–Crippen LogP) is 3.42. The lowest BCUT2D eigenvalue weighted by atomic mass is 9.86. The third-order valence-electron chi connectivity index (χ3n) is 3.05. The van der Waals surface area contributed by atoms with Crippen LogP contribution in [0, 0.1) is 11.3 Å². The van der Waals surface area contributed by atoms with Crippen molar-refractivity contribution in [3.63, 3.8) is 0 Å². The molecule has 18 heavy (non-hydrogen) atoms. The summed E-state index contributed by atoms with van der Waals surface area (Å²) in [4.78, 5) is 0. The highest BCUT2D eigenvalue weighted by Crippen LogP contribution is 2.22. The first-order valence-electron chi connectivity index (χ1n) is 6.71. The monoisotopic (exact) mass is 244 g/mol. The molecule has 2 nitrogen and oxygen atoms in total. The first kappa shape index (κ1) is 14.7. The van der Waals surface area contributed by atoms with E-state index >= 15 is 0 Å². The molecule has 0 aliphatic carbocycles. The molecule has 1 aromatic carbocycles. The van der Waals surface area contributed by atoms with Gasteiger partial charge in [0, 0.05) is 6.42 Å². The van der Waals surface area contributed by atoms with Crippen molar-refractivity contribution in [1.82, 2.24) is 5.32 Å². The van der Waals surface area contributed by atoms with Gasteiger partial charge in [0.25, 0.3) is 0 Å². The molecule has 0 saturated heterocycles. The van der Waals surface area contributed by atoms with Crippen molar-refractivity contribution < 1.29 is 0 Å². The van der Waals surface area contributed by atoms with E-state index in [-0.39, 0.29) is 5.41 Å². The average Bonchev–Trinajstić information content (AvgIpc) is 2.33. The van der Waals surface area contributed by atoms with Gasteiger partial charge in [0.2, 0.25) is 0 Å². The number of hydrogen-bond donors (Lipinski definition) is 1. The van der Waals surface area contributed by atoms with Crippen molar-refractivity contribution in [1.29, 1.82) is 5.26 Å². The number of benzene rings is 1. The van der Waals surface area contributed by atoms with Gasteiger partial charge in [-0.05, 0) is 42.5 Å². The molecule has 0 radical (unpaired) electrons. The minimum Gasteiger partial charge on any atom is -0.316 e. The third kappa shape index (κ3) is 5.33. The smallest absolute Gasteiger partial charge is 0.0622 e. The van der Waals surface area contributed by atoms with Crippen LogP contribution in [0.5, 0.6) is 0 Å². The molecular weight excluding hydrogens is 220 g/mol. The lowest BCUT2D eigenvalue weighted by molar-refractivity contribution is 0.589. The maximum atomic E-state index is 8.41. The van der Waals surface area contributed by atoms with E-state index in [1.165, 1.54) is 11.1 Å². The summed E-state index contributed by atoms with van der Waals surface area (Å²) >= 11 is 0. The van der Waals surface area contributed by atoms with E-state index in [0.29, 0.717) is 6.42 Å². The van der Waals surface area contributed by atoms with Crippen LogP contribution in [0.2, 0.25) is 0 Å². The van der Waals surface area contributed by atoms with Crippen LogP contribution < -0.4 is 5.32 Å². The maximum Gasteiger partial charge on any atom is 0.0622 e. The number of hydrogen-bond acceptors (Lipinski definition) is 2. The molecule has 2 heteroatoms. The van der Waals surface area contributed by atoms with Crippen molar-refractivity contribution in [3.05, 3.63) is 35.4 Å². The lowest BCUT2D eigenvalue weighted by Crippen LogP contribution is -2.18. The first-order chi connectivity index (χ1) is 8.54. The van der Waals surface area contributed by atoms with Crippen molar-refractivity contribution in [3.8, 4) is 6.07 Å². The highest BCUT2D eigenvalue weighted by atomic mass is 14.8. The van der Waals surface area contributed by atoms with Gasteiger partial charge in [-0.25, -0.2) is 0 Å². The Kier molecular flexibility index (Phi) is 5.88. The van der Waals surface area contributed by atoms with E-state index in [1.807, 2.05) is 0 Å². The maximum absolute atomic E-state index is 8.41. The van der Waals surface area contributed by atoms with Gasteiger partial charge in [0.15, 0.2) is 0 Å². The number of unbranched alkanes of at least 4 members (excludes halogenated alkanes) is 1. The molecule has 0 saturated carbocycles. The van der Waals surface area contributed by atoms with Crippen LogP contribution in [0.25, 0.3) is 0 Å². The molecule has 1 N–H and O–H groups in total. The molecular formula is C16H24N2. The van der Waals surface area contributed by atoms with Crippen molar-refractivity contribution in [2.24, 2.45) is 0 Å². The van der Waals surface area contributed by atoms with Crippen molar-refractivity contribution in [2.75, 3.05) is 13.1 Å². The van der Waals surface area contributed by atoms with E-state index in [9.17, 15) is 0 Å². The largest absolute Gasteiger partial charge is 0.316 e. The fourth-order valence-corrected chi connectivity index (χ4v) is 1.82. The Hall–Kier alpha value is -1.33. The van der Waals surface area contributed by atoms with E-state index in [1.54, 1.807) is 0 Å². The Morgan fingerprint density at radius 2 is 1.78 bits per heavy atom. The molecule has 0 aliphatic heterocycles. The minimum absolute atomic E-state index is 0.230. The minimum atomic E-state index is 0.230. The fourth-order valence-electron chi connectivity index (χ4n) is 1.82. The van der Waals surface area contributed by atoms with E-state index < -0.39 is 0 Å². The van der Waals surface area contributed by atoms with Gasteiger partial charge in [-0.3, -0.25) is 0 Å². The molecule has 0 spiro atoms. The number of nitrogens with zero attached hydrogens (tertiary/aromatic N) is 1. The molecule has 98 valence electrons. The third-order valence-corrected chi connectivity index (χ3v) is 3.05. The number of rotatable bonds is 6. The standard InChI is InChI=1S/C16H24N2/c1-16(2,3)15-8-6-14(7-9-15)10-13-18-12-5-4-11-17/h6-9,18H,4-5,10,12-13H2,1-3H3. The second-order valence-corrected chi connectivity index (χ2v) is 5.71. The fraction of sp³-hybridized carbons (Fsp3) is 0.562. The summed E-state index contributed by atoms with van der Waals surface area (Å²) < 4.78 is 0. The highest BCUT2D eigenvalue weighted by Gasteiger charge is 2.12. The van der Waals surface area contributed by atoms with Gasteiger partial charge in [-0.1, -0.05) is 45.0 Å². The normalized spacial score (nSPS) is 11.2. The van der Waals surface area contributed by atoms with Crippen LogP contribution in [-0.4, -0.2) is 13.1 Å². The first-order valence-corrected chi connectivity index (χ1v) is 6.71. The van der Waals surface area contributed by atoms with Crippen LogP contribution in [0.15, 0.2) is 24.3 Å². The quantitative estimate of drug-likeness (QED) is 0.778. The molecule has 0 heterocycles. The molecule has 1 aromatic rings. The number of nitrogens with one attached hydrogen (secondary N) is 1. The van der Waals surface area contributed by atoms with Crippen LogP contribution in [0.4, 0.5) is 0 Å². The molecule has 0 aliphatic rings. The van der Waals surface area contributed by atoms with Gasteiger partial charge in [0.1, 0.15) is 0 Å². The summed E-state index contributed by atoms with van der Waals surface area (Å²) in [6.45, 7) is 8.63. The Morgan fingerprint density at radius 1 is 1.11 bits per heavy atom. The van der Waals surface area contributed by atoms with Gasteiger partial charge in [-0.15, -0.1) is 0 Å². The van der Waals surface area contributed by atoms with Gasteiger partial charge < -0.3 is 5.32 Å². The number of nitriles is 1.